The third kappa shape index (κ3) is 4.18. The molecule has 1 spiro atoms. The van der Waals surface area contributed by atoms with Crippen LogP contribution in [0.15, 0.2) is 18.2 Å². The number of amides is 2. The van der Waals surface area contributed by atoms with Crippen LogP contribution < -0.4 is 5.73 Å². The zero-order valence-corrected chi connectivity index (χ0v) is 14.8. The van der Waals surface area contributed by atoms with Gasteiger partial charge in [0, 0.05) is 19.5 Å². The van der Waals surface area contributed by atoms with Crippen molar-refractivity contribution in [1.29, 1.82) is 0 Å². The second-order valence-corrected chi connectivity index (χ2v) is 7.58. The maximum absolute atomic E-state index is 13.4. The molecule has 3 rings (SSSR count). The van der Waals surface area contributed by atoms with E-state index in [1.165, 1.54) is 6.07 Å². The molecule has 2 aliphatic rings. The molecule has 136 valence electrons. The number of aryl methyl sites for hydroxylation is 1. The molecular weight excluding hydrogens is 321 g/mol. The Balaban J connectivity index is 1.58. The minimum absolute atomic E-state index is 0.0269. The number of hydrogen-bond donors (Lipinski definition) is 1. The van der Waals surface area contributed by atoms with Gasteiger partial charge < -0.3 is 10.6 Å². The predicted molar refractivity (Wildman–Crippen MR) is 93.1 cm³/mol. The highest BCUT2D eigenvalue weighted by Gasteiger charge is 2.41. The fraction of sp³-hybridized carbons (Fsp3) is 0.579. The van der Waals surface area contributed by atoms with Crippen molar-refractivity contribution in [2.24, 2.45) is 11.1 Å². The highest BCUT2D eigenvalue weighted by molar-refractivity contribution is 5.84. The fourth-order valence-electron chi connectivity index (χ4n) is 4.09. The van der Waals surface area contributed by atoms with Crippen LogP contribution in [0.1, 0.15) is 36.8 Å². The van der Waals surface area contributed by atoms with E-state index in [2.05, 4.69) is 4.90 Å². The lowest BCUT2D eigenvalue weighted by Crippen LogP contribution is -2.53. The predicted octanol–water partition coefficient (Wildman–Crippen LogP) is 1.82. The number of halogens is 1. The number of likely N-dealkylation sites (tertiary alicyclic amines) is 2. The van der Waals surface area contributed by atoms with E-state index >= 15 is 0 Å². The van der Waals surface area contributed by atoms with E-state index in [1.807, 2.05) is 12.1 Å². The lowest BCUT2D eigenvalue weighted by atomic mass is 9.72. The van der Waals surface area contributed by atoms with Gasteiger partial charge >= 0.3 is 0 Å². The first kappa shape index (κ1) is 17.9. The standard InChI is InChI=1S/C19H26FN3O2/c1-14-10-15(2-3-16(14)20)11-22-8-6-19(7-9-22)5-4-18(25)23(13-19)12-17(21)24/h2-3,10H,4-9,11-13H2,1H3,(H2,21,24). The molecule has 0 saturated carbocycles. The number of rotatable bonds is 4. The Morgan fingerprint density at radius 1 is 1.28 bits per heavy atom. The Morgan fingerprint density at radius 3 is 2.64 bits per heavy atom. The van der Waals surface area contributed by atoms with Crippen LogP contribution in [0.4, 0.5) is 4.39 Å². The molecule has 0 radical (unpaired) electrons. The van der Waals surface area contributed by atoms with Crippen LogP contribution in [0.25, 0.3) is 0 Å². The first-order valence-corrected chi connectivity index (χ1v) is 8.90. The summed E-state index contributed by atoms with van der Waals surface area (Å²) in [6.07, 6.45) is 3.42. The Kier molecular flexibility index (Phi) is 5.08. The van der Waals surface area contributed by atoms with Crippen LogP contribution in [-0.2, 0) is 16.1 Å². The molecule has 0 unspecified atom stereocenters. The van der Waals surface area contributed by atoms with Gasteiger partial charge in [0.15, 0.2) is 0 Å². The molecule has 5 nitrogen and oxygen atoms in total. The zero-order chi connectivity index (χ0) is 18.0. The molecule has 6 heteroatoms. The Morgan fingerprint density at radius 2 is 2.00 bits per heavy atom. The van der Waals surface area contributed by atoms with Crippen LogP contribution in [0, 0.1) is 18.2 Å². The number of nitrogens with zero attached hydrogens (tertiary/aromatic N) is 2. The van der Waals surface area contributed by atoms with E-state index in [-0.39, 0.29) is 23.7 Å². The average molecular weight is 347 g/mol. The molecule has 2 amide bonds. The summed E-state index contributed by atoms with van der Waals surface area (Å²) >= 11 is 0. The largest absolute Gasteiger partial charge is 0.368 e. The Labute approximate surface area is 148 Å². The first-order valence-electron chi connectivity index (χ1n) is 8.90. The van der Waals surface area contributed by atoms with E-state index in [0.29, 0.717) is 18.5 Å². The molecule has 2 heterocycles. The topological polar surface area (TPSA) is 66.6 Å². The maximum Gasteiger partial charge on any atom is 0.237 e. The molecule has 2 N–H and O–H groups in total. The highest BCUT2D eigenvalue weighted by atomic mass is 19.1. The van der Waals surface area contributed by atoms with Gasteiger partial charge in [-0.1, -0.05) is 12.1 Å². The highest BCUT2D eigenvalue weighted by Crippen LogP contribution is 2.40. The second kappa shape index (κ2) is 7.12. The molecule has 2 fully saturated rings. The van der Waals surface area contributed by atoms with Crippen LogP contribution in [0.2, 0.25) is 0 Å². The summed E-state index contributed by atoms with van der Waals surface area (Å²) in [5.74, 6) is -0.578. The van der Waals surface area contributed by atoms with Crippen molar-refractivity contribution < 1.29 is 14.0 Å². The van der Waals surface area contributed by atoms with Gasteiger partial charge in [0.05, 0.1) is 6.54 Å². The van der Waals surface area contributed by atoms with Gasteiger partial charge in [-0.3, -0.25) is 14.5 Å². The summed E-state index contributed by atoms with van der Waals surface area (Å²) in [6.45, 7) is 5.18. The van der Waals surface area contributed by atoms with E-state index in [4.69, 9.17) is 5.73 Å². The van der Waals surface area contributed by atoms with E-state index in [9.17, 15) is 14.0 Å². The number of primary amides is 1. The van der Waals surface area contributed by atoms with Gasteiger partial charge in [0.25, 0.3) is 0 Å². The van der Waals surface area contributed by atoms with Crippen LogP contribution in [0.3, 0.4) is 0 Å². The van der Waals surface area contributed by atoms with Crippen molar-refractivity contribution in [2.45, 2.75) is 39.2 Å². The average Bonchev–Trinajstić information content (AvgIpc) is 2.56. The monoisotopic (exact) mass is 347 g/mol. The summed E-state index contributed by atoms with van der Waals surface area (Å²) in [5.41, 5.74) is 7.18. The molecule has 0 bridgehead atoms. The van der Waals surface area contributed by atoms with Crippen molar-refractivity contribution in [3.63, 3.8) is 0 Å². The fourth-order valence-corrected chi connectivity index (χ4v) is 4.09. The van der Waals surface area contributed by atoms with Gasteiger partial charge in [0.2, 0.25) is 11.8 Å². The molecule has 2 aliphatic heterocycles. The number of hydrogen-bond acceptors (Lipinski definition) is 3. The number of carbonyl (C=O) groups excluding carboxylic acids is 2. The van der Waals surface area contributed by atoms with Crippen molar-refractivity contribution in [3.8, 4) is 0 Å². The Hall–Kier alpha value is -1.95. The van der Waals surface area contributed by atoms with Crippen molar-refractivity contribution >= 4 is 11.8 Å². The molecule has 0 aliphatic carbocycles. The van der Waals surface area contributed by atoms with E-state index in [1.54, 1.807) is 11.8 Å². The van der Waals surface area contributed by atoms with Gasteiger partial charge in [-0.25, -0.2) is 4.39 Å². The van der Waals surface area contributed by atoms with Crippen molar-refractivity contribution in [3.05, 3.63) is 35.1 Å². The van der Waals surface area contributed by atoms with Crippen molar-refractivity contribution in [2.75, 3.05) is 26.2 Å². The minimum Gasteiger partial charge on any atom is -0.368 e. The Bertz CT molecular complexity index is 669. The summed E-state index contributed by atoms with van der Waals surface area (Å²) in [7, 11) is 0. The number of nitrogens with two attached hydrogens (primary N) is 1. The summed E-state index contributed by atoms with van der Waals surface area (Å²) in [5, 5.41) is 0. The maximum atomic E-state index is 13.4. The molecule has 1 aromatic carbocycles. The molecule has 25 heavy (non-hydrogen) atoms. The third-order valence-corrected chi connectivity index (χ3v) is 5.64. The lowest BCUT2D eigenvalue weighted by molar-refractivity contribution is -0.142. The molecule has 1 aromatic rings. The van der Waals surface area contributed by atoms with Crippen molar-refractivity contribution in [1.82, 2.24) is 9.80 Å². The lowest BCUT2D eigenvalue weighted by Gasteiger charge is -2.47. The van der Waals surface area contributed by atoms with Crippen LogP contribution in [0.5, 0.6) is 0 Å². The third-order valence-electron chi connectivity index (χ3n) is 5.64. The van der Waals surface area contributed by atoms with Gasteiger partial charge in [-0.2, -0.15) is 0 Å². The quantitative estimate of drug-likeness (QED) is 0.903. The normalized spacial score (nSPS) is 20.9. The van der Waals surface area contributed by atoms with E-state index in [0.717, 1.165) is 44.5 Å². The van der Waals surface area contributed by atoms with Crippen LogP contribution >= 0.6 is 0 Å². The van der Waals surface area contributed by atoms with Crippen LogP contribution in [-0.4, -0.2) is 47.8 Å². The molecular formula is C19H26FN3O2. The second-order valence-electron chi connectivity index (χ2n) is 7.58. The van der Waals surface area contributed by atoms with Gasteiger partial charge in [-0.05, 0) is 61.9 Å². The molecule has 0 atom stereocenters. The van der Waals surface area contributed by atoms with Gasteiger partial charge in [-0.15, -0.1) is 0 Å². The molecule has 2 saturated heterocycles. The van der Waals surface area contributed by atoms with E-state index < -0.39 is 5.91 Å². The number of benzene rings is 1. The smallest absolute Gasteiger partial charge is 0.237 e. The molecule has 0 aromatic heterocycles. The van der Waals surface area contributed by atoms with Gasteiger partial charge in [0.1, 0.15) is 5.82 Å². The number of piperidine rings is 2. The SMILES string of the molecule is Cc1cc(CN2CCC3(CCC(=O)N(CC(N)=O)C3)CC2)ccc1F. The number of carbonyl (C=O) groups is 2. The minimum atomic E-state index is -0.450. The summed E-state index contributed by atoms with van der Waals surface area (Å²) in [4.78, 5) is 27.2. The first-order chi connectivity index (χ1) is 11.9. The zero-order valence-electron chi connectivity index (χ0n) is 14.8. The summed E-state index contributed by atoms with van der Waals surface area (Å²) in [6, 6.07) is 5.29. The summed E-state index contributed by atoms with van der Waals surface area (Å²) < 4.78 is 13.4.